The molecule has 6 nitrogen and oxygen atoms in total. The van der Waals surface area contributed by atoms with E-state index in [2.05, 4.69) is 4.90 Å². The van der Waals surface area contributed by atoms with Gasteiger partial charge in [0.25, 0.3) is 10.2 Å². The topological polar surface area (TPSA) is 53.1 Å². The van der Waals surface area contributed by atoms with Crippen LogP contribution in [0.1, 0.15) is 24.4 Å². The van der Waals surface area contributed by atoms with Crippen LogP contribution < -0.4 is 0 Å². The van der Waals surface area contributed by atoms with Crippen LogP contribution in [0.4, 0.5) is 0 Å². The van der Waals surface area contributed by atoms with Gasteiger partial charge in [0, 0.05) is 27.2 Å². The molecule has 24 heavy (non-hydrogen) atoms. The third kappa shape index (κ3) is 3.65. The SMILES string of the molecule is CN(C)S(=O)(=O)N1CCO[C@@H](CN2CCCC2)[C@@H]1c1ccccc1. The van der Waals surface area contributed by atoms with Crippen LogP contribution in [0.15, 0.2) is 30.3 Å². The molecule has 0 spiro atoms. The molecule has 0 N–H and O–H groups in total. The fourth-order valence-corrected chi connectivity index (χ4v) is 4.85. The van der Waals surface area contributed by atoms with Crippen LogP contribution in [-0.2, 0) is 14.9 Å². The molecule has 0 bridgehead atoms. The molecule has 1 aromatic carbocycles. The van der Waals surface area contributed by atoms with Gasteiger partial charge < -0.3 is 9.64 Å². The van der Waals surface area contributed by atoms with Gasteiger partial charge in [-0.2, -0.15) is 17.0 Å². The lowest BCUT2D eigenvalue weighted by Crippen LogP contribution is -2.54. The lowest BCUT2D eigenvalue weighted by atomic mass is 9.99. The summed E-state index contributed by atoms with van der Waals surface area (Å²) in [6, 6.07) is 9.57. The first-order valence-electron chi connectivity index (χ1n) is 8.58. The van der Waals surface area contributed by atoms with Crippen molar-refractivity contribution in [3.63, 3.8) is 0 Å². The largest absolute Gasteiger partial charge is 0.373 e. The maximum Gasteiger partial charge on any atom is 0.282 e. The zero-order valence-corrected chi connectivity index (χ0v) is 15.3. The van der Waals surface area contributed by atoms with Crippen molar-refractivity contribution in [1.29, 1.82) is 0 Å². The Labute approximate surface area is 145 Å². The summed E-state index contributed by atoms with van der Waals surface area (Å²) in [4.78, 5) is 2.38. The Morgan fingerprint density at radius 1 is 1.12 bits per heavy atom. The first-order valence-corrected chi connectivity index (χ1v) is 9.98. The van der Waals surface area contributed by atoms with Crippen molar-refractivity contribution in [2.75, 3.05) is 46.9 Å². The van der Waals surface area contributed by atoms with Crippen LogP contribution >= 0.6 is 0 Å². The summed E-state index contributed by atoms with van der Waals surface area (Å²) in [6.07, 6.45) is 2.28. The molecule has 3 rings (SSSR count). The Morgan fingerprint density at radius 2 is 1.79 bits per heavy atom. The quantitative estimate of drug-likeness (QED) is 0.801. The Hall–Kier alpha value is -0.990. The van der Waals surface area contributed by atoms with E-state index in [-0.39, 0.29) is 12.1 Å². The summed E-state index contributed by atoms with van der Waals surface area (Å²) in [5.74, 6) is 0. The molecule has 0 radical (unpaired) electrons. The zero-order chi connectivity index (χ0) is 17.2. The number of benzene rings is 1. The maximum absolute atomic E-state index is 12.8. The van der Waals surface area contributed by atoms with E-state index in [0.29, 0.717) is 13.2 Å². The molecule has 2 aliphatic rings. The fraction of sp³-hybridized carbons (Fsp3) is 0.647. The molecule has 2 atom stereocenters. The van der Waals surface area contributed by atoms with E-state index in [1.165, 1.54) is 17.1 Å². The van der Waals surface area contributed by atoms with Gasteiger partial charge in [0.1, 0.15) is 0 Å². The number of likely N-dealkylation sites (tertiary alicyclic amines) is 1. The van der Waals surface area contributed by atoms with Gasteiger partial charge in [-0.1, -0.05) is 30.3 Å². The Morgan fingerprint density at radius 3 is 2.42 bits per heavy atom. The van der Waals surface area contributed by atoms with E-state index in [4.69, 9.17) is 4.74 Å². The minimum atomic E-state index is -3.50. The normalized spacial score (nSPS) is 27.0. The van der Waals surface area contributed by atoms with Crippen molar-refractivity contribution in [2.24, 2.45) is 0 Å². The highest BCUT2D eigenvalue weighted by Gasteiger charge is 2.41. The average Bonchev–Trinajstić information content (AvgIpc) is 3.08. The molecular formula is C17H27N3O3S. The third-order valence-corrected chi connectivity index (χ3v) is 6.77. The van der Waals surface area contributed by atoms with Gasteiger partial charge in [0.2, 0.25) is 0 Å². The minimum absolute atomic E-state index is 0.144. The van der Waals surface area contributed by atoms with Crippen LogP contribution in [0.25, 0.3) is 0 Å². The molecule has 2 aliphatic heterocycles. The summed E-state index contributed by atoms with van der Waals surface area (Å²) in [6.45, 7) is 3.74. The lowest BCUT2D eigenvalue weighted by molar-refractivity contribution is -0.0555. The summed E-state index contributed by atoms with van der Waals surface area (Å²) >= 11 is 0. The number of rotatable bonds is 5. The summed E-state index contributed by atoms with van der Waals surface area (Å²) in [5.41, 5.74) is 0.992. The molecule has 0 saturated carbocycles. The molecule has 1 aromatic rings. The Balaban J connectivity index is 1.92. The van der Waals surface area contributed by atoms with Gasteiger partial charge in [-0.15, -0.1) is 0 Å². The first kappa shape index (κ1) is 17.8. The number of morpholine rings is 1. The smallest absolute Gasteiger partial charge is 0.282 e. The van der Waals surface area contributed by atoms with Gasteiger partial charge in [-0.25, -0.2) is 0 Å². The molecule has 0 aromatic heterocycles. The monoisotopic (exact) mass is 353 g/mol. The van der Waals surface area contributed by atoms with Crippen molar-refractivity contribution >= 4 is 10.2 Å². The molecule has 2 fully saturated rings. The second-order valence-corrected chi connectivity index (χ2v) is 8.77. The van der Waals surface area contributed by atoms with Crippen LogP contribution in [0.3, 0.4) is 0 Å². The molecule has 0 unspecified atom stereocenters. The van der Waals surface area contributed by atoms with E-state index < -0.39 is 10.2 Å². The van der Waals surface area contributed by atoms with Crippen LogP contribution in [0, 0.1) is 0 Å². The van der Waals surface area contributed by atoms with Crippen molar-refractivity contribution in [1.82, 2.24) is 13.5 Å². The number of hydrogen-bond acceptors (Lipinski definition) is 4. The highest BCUT2D eigenvalue weighted by atomic mass is 32.2. The molecular weight excluding hydrogens is 326 g/mol. The molecule has 0 aliphatic carbocycles. The Bertz CT molecular complexity index is 630. The predicted octanol–water partition coefficient (Wildman–Crippen LogP) is 1.33. The van der Waals surface area contributed by atoms with Gasteiger partial charge in [0.15, 0.2) is 0 Å². The van der Waals surface area contributed by atoms with Gasteiger partial charge in [0.05, 0.1) is 18.8 Å². The second kappa shape index (κ2) is 7.49. The minimum Gasteiger partial charge on any atom is -0.373 e. The summed E-state index contributed by atoms with van der Waals surface area (Å²) < 4.78 is 34.6. The van der Waals surface area contributed by atoms with E-state index in [0.717, 1.165) is 25.2 Å². The highest BCUT2D eigenvalue weighted by Crippen LogP contribution is 2.33. The highest BCUT2D eigenvalue weighted by molar-refractivity contribution is 7.86. The summed E-state index contributed by atoms with van der Waals surface area (Å²) in [5, 5.41) is 0. The standard InChI is InChI=1S/C17H27N3O3S/c1-18(2)24(21,22)20-12-13-23-16(14-19-10-6-7-11-19)17(20)15-8-4-3-5-9-15/h3-5,8-9,16-17H,6-7,10-14H2,1-2H3/t16-,17-/m0/s1. The number of ether oxygens (including phenoxy) is 1. The average molecular weight is 353 g/mol. The molecule has 2 saturated heterocycles. The molecule has 2 heterocycles. The molecule has 7 heteroatoms. The van der Waals surface area contributed by atoms with Crippen molar-refractivity contribution in [2.45, 2.75) is 25.0 Å². The van der Waals surface area contributed by atoms with E-state index in [1.807, 2.05) is 30.3 Å². The van der Waals surface area contributed by atoms with Gasteiger partial charge in [-0.3, -0.25) is 0 Å². The molecule has 0 amide bonds. The maximum atomic E-state index is 12.8. The van der Waals surface area contributed by atoms with E-state index >= 15 is 0 Å². The van der Waals surface area contributed by atoms with Crippen molar-refractivity contribution < 1.29 is 13.2 Å². The van der Waals surface area contributed by atoms with Crippen LogP contribution in [0.5, 0.6) is 0 Å². The third-order valence-electron chi connectivity index (χ3n) is 4.84. The van der Waals surface area contributed by atoms with Crippen LogP contribution in [0.2, 0.25) is 0 Å². The Kier molecular flexibility index (Phi) is 5.56. The van der Waals surface area contributed by atoms with Gasteiger partial charge in [-0.05, 0) is 31.5 Å². The predicted molar refractivity (Wildman–Crippen MR) is 93.9 cm³/mol. The summed E-state index contributed by atoms with van der Waals surface area (Å²) in [7, 11) is -0.324. The van der Waals surface area contributed by atoms with Crippen molar-refractivity contribution in [3.8, 4) is 0 Å². The van der Waals surface area contributed by atoms with Gasteiger partial charge >= 0.3 is 0 Å². The zero-order valence-electron chi connectivity index (χ0n) is 14.5. The fourth-order valence-electron chi connectivity index (χ4n) is 3.58. The molecule has 134 valence electrons. The number of hydrogen-bond donors (Lipinski definition) is 0. The lowest BCUT2D eigenvalue weighted by Gasteiger charge is -2.42. The van der Waals surface area contributed by atoms with Crippen molar-refractivity contribution in [3.05, 3.63) is 35.9 Å². The van der Waals surface area contributed by atoms with E-state index in [1.54, 1.807) is 18.4 Å². The van der Waals surface area contributed by atoms with Crippen LogP contribution in [-0.4, -0.2) is 74.9 Å². The second-order valence-electron chi connectivity index (χ2n) is 6.67. The van der Waals surface area contributed by atoms with E-state index in [9.17, 15) is 8.42 Å². The first-order chi connectivity index (χ1) is 11.5. The number of nitrogens with zero attached hydrogens (tertiary/aromatic N) is 3.